The molecule has 1 aromatic heterocycles. The van der Waals surface area contributed by atoms with Gasteiger partial charge >= 0.3 is 0 Å². The summed E-state index contributed by atoms with van der Waals surface area (Å²) in [4.78, 5) is 0. The van der Waals surface area contributed by atoms with Crippen molar-refractivity contribution >= 4 is 0 Å². The van der Waals surface area contributed by atoms with Crippen LogP contribution >= 0.6 is 0 Å². The van der Waals surface area contributed by atoms with Gasteiger partial charge in [-0.25, -0.2) is 0 Å². The van der Waals surface area contributed by atoms with Gasteiger partial charge in [0.05, 0.1) is 31.4 Å². The molecule has 8 heteroatoms. The van der Waals surface area contributed by atoms with Gasteiger partial charge in [0, 0.05) is 11.6 Å². The predicted octanol–water partition coefficient (Wildman–Crippen LogP) is 4.89. The molecule has 1 unspecified atom stereocenters. The van der Waals surface area contributed by atoms with Crippen molar-refractivity contribution in [2.75, 3.05) is 14.2 Å². The highest BCUT2D eigenvalue weighted by molar-refractivity contribution is 5.71. The molecule has 36 heavy (non-hydrogen) atoms. The Kier molecular flexibility index (Phi) is 6.20. The zero-order valence-corrected chi connectivity index (χ0v) is 19.8. The van der Waals surface area contributed by atoms with Crippen molar-refractivity contribution in [1.82, 2.24) is 10.2 Å². The third-order valence-electron chi connectivity index (χ3n) is 6.07. The molecule has 1 atom stereocenters. The standard InChI is InChI=1S/C28H24N4O4/c1-33-20-9-6-10-21(14-20)35-16-19-13-18(11-12-23(19)34-2)24-22(15-29)27(30)36-28-25(24)26(31-32-28)17-7-4-3-5-8-17/h3-14,24H,16,30H2,1-2H3,(H,31,32). The van der Waals surface area contributed by atoms with Gasteiger partial charge in [0.25, 0.3) is 0 Å². The molecule has 0 fully saturated rings. The monoisotopic (exact) mass is 480 g/mol. The Hall–Kier alpha value is -4.90. The fourth-order valence-electron chi connectivity index (χ4n) is 4.35. The van der Waals surface area contributed by atoms with E-state index < -0.39 is 5.92 Å². The number of fused-ring (bicyclic) bond motifs is 1. The fourth-order valence-corrected chi connectivity index (χ4v) is 4.35. The Morgan fingerprint density at radius 2 is 1.81 bits per heavy atom. The van der Waals surface area contributed by atoms with E-state index in [0.29, 0.717) is 28.7 Å². The second-order valence-corrected chi connectivity index (χ2v) is 8.15. The molecular weight excluding hydrogens is 456 g/mol. The number of nitriles is 1. The van der Waals surface area contributed by atoms with Crippen LogP contribution in [0.25, 0.3) is 11.3 Å². The number of hydrogen-bond donors (Lipinski definition) is 2. The van der Waals surface area contributed by atoms with E-state index in [0.717, 1.165) is 27.9 Å². The van der Waals surface area contributed by atoms with E-state index in [4.69, 9.17) is 24.7 Å². The number of allylic oxidation sites excluding steroid dienone is 1. The highest BCUT2D eigenvalue weighted by Gasteiger charge is 2.36. The van der Waals surface area contributed by atoms with Gasteiger partial charge in [-0.05, 0) is 35.4 Å². The van der Waals surface area contributed by atoms with Crippen molar-refractivity contribution in [2.45, 2.75) is 12.5 Å². The molecule has 0 aliphatic carbocycles. The van der Waals surface area contributed by atoms with E-state index in [1.54, 1.807) is 14.2 Å². The van der Waals surface area contributed by atoms with Crippen molar-refractivity contribution in [2.24, 2.45) is 5.73 Å². The maximum Gasteiger partial charge on any atom is 0.244 e. The summed E-state index contributed by atoms with van der Waals surface area (Å²) in [7, 11) is 3.22. The number of aromatic nitrogens is 2. The lowest BCUT2D eigenvalue weighted by molar-refractivity contribution is 0.294. The third-order valence-corrected chi connectivity index (χ3v) is 6.07. The lowest BCUT2D eigenvalue weighted by Gasteiger charge is -2.25. The summed E-state index contributed by atoms with van der Waals surface area (Å²) in [6.45, 7) is 0.248. The Bertz CT molecular complexity index is 1470. The summed E-state index contributed by atoms with van der Waals surface area (Å²) in [6, 6.07) is 25.1. The number of nitrogens with one attached hydrogen (secondary N) is 1. The van der Waals surface area contributed by atoms with Crippen molar-refractivity contribution in [3.8, 4) is 40.5 Å². The predicted molar refractivity (Wildman–Crippen MR) is 134 cm³/mol. The molecule has 0 bridgehead atoms. The molecule has 0 saturated carbocycles. The Labute approximate surface area is 208 Å². The van der Waals surface area contributed by atoms with Crippen molar-refractivity contribution in [3.63, 3.8) is 0 Å². The van der Waals surface area contributed by atoms with Crippen LogP contribution in [-0.4, -0.2) is 24.4 Å². The number of nitrogens with two attached hydrogens (primary N) is 1. The Morgan fingerprint density at radius 3 is 2.56 bits per heavy atom. The average molecular weight is 481 g/mol. The Balaban J connectivity index is 1.57. The summed E-state index contributed by atoms with van der Waals surface area (Å²) < 4.78 is 22.6. The average Bonchev–Trinajstić information content (AvgIpc) is 3.34. The smallest absolute Gasteiger partial charge is 0.244 e. The van der Waals surface area contributed by atoms with E-state index in [1.807, 2.05) is 72.8 Å². The van der Waals surface area contributed by atoms with Crippen LogP contribution in [-0.2, 0) is 6.61 Å². The molecule has 2 heterocycles. The minimum absolute atomic E-state index is 0.0334. The van der Waals surface area contributed by atoms with E-state index in [9.17, 15) is 5.26 Å². The second-order valence-electron chi connectivity index (χ2n) is 8.15. The van der Waals surface area contributed by atoms with E-state index >= 15 is 0 Å². The number of nitrogens with zero attached hydrogens (tertiary/aromatic N) is 2. The summed E-state index contributed by atoms with van der Waals surface area (Å²) in [6.07, 6.45) is 0. The van der Waals surface area contributed by atoms with Crippen LogP contribution in [0.2, 0.25) is 0 Å². The van der Waals surface area contributed by atoms with Gasteiger partial charge in [-0.15, -0.1) is 5.10 Å². The molecular formula is C28H24N4O4. The summed E-state index contributed by atoms with van der Waals surface area (Å²) in [5.74, 6) is 1.93. The molecule has 4 aromatic rings. The van der Waals surface area contributed by atoms with Gasteiger partial charge in [0.2, 0.25) is 11.8 Å². The summed E-state index contributed by atoms with van der Waals surface area (Å²) in [5.41, 5.74) is 10.5. The van der Waals surface area contributed by atoms with Gasteiger partial charge in [-0.1, -0.05) is 42.5 Å². The first kappa shape index (κ1) is 22.9. The number of rotatable bonds is 7. The highest BCUT2D eigenvalue weighted by Crippen LogP contribution is 2.46. The largest absolute Gasteiger partial charge is 0.497 e. The molecule has 5 rings (SSSR count). The lowest BCUT2D eigenvalue weighted by atomic mass is 9.82. The number of benzene rings is 3. The molecule has 3 N–H and O–H groups in total. The minimum Gasteiger partial charge on any atom is -0.497 e. The normalized spacial score (nSPS) is 14.4. The molecule has 1 aliphatic rings. The van der Waals surface area contributed by atoms with Crippen molar-refractivity contribution in [3.05, 3.63) is 101 Å². The quantitative estimate of drug-likeness (QED) is 0.387. The highest BCUT2D eigenvalue weighted by atomic mass is 16.5. The molecule has 0 saturated heterocycles. The van der Waals surface area contributed by atoms with Crippen LogP contribution in [0, 0.1) is 11.3 Å². The number of H-pyrrole nitrogens is 1. The first-order valence-corrected chi connectivity index (χ1v) is 11.3. The fraction of sp³-hybridized carbons (Fsp3) is 0.143. The maximum atomic E-state index is 10.0. The molecule has 1 aliphatic heterocycles. The number of methoxy groups -OCH3 is 2. The Morgan fingerprint density at radius 1 is 1.00 bits per heavy atom. The minimum atomic E-state index is -0.491. The van der Waals surface area contributed by atoms with Gasteiger partial charge in [0.15, 0.2) is 0 Å². The molecule has 0 amide bonds. The zero-order chi connectivity index (χ0) is 25.1. The van der Waals surface area contributed by atoms with Crippen LogP contribution in [0.4, 0.5) is 0 Å². The van der Waals surface area contributed by atoms with E-state index in [-0.39, 0.29) is 12.5 Å². The van der Waals surface area contributed by atoms with Gasteiger partial charge in [-0.2, -0.15) is 5.26 Å². The topological polar surface area (TPSA) is 115 Å². The molecule has 0 spiro atoms. The van der Waals surface area contributed by atoms with Crippen LogP contribution in [0.5, 0.6) is 23.1 Å². The number of ether oxygens (including phenoxy) is 4. The van der Waals surface area contributed by atoms with Gasteiger partial charge in [0.1, 0.15) is 35.5 Å². The zero-order valence-electron chi connectivity index (χ0n) is 19.8. The molecule has 8 nitrogen and oxygen atoms in total. The van der Waals surface area contributed by atoms with Crippen LogP contribution in [0.15, 0.2) is 84.3 Å². The lowest BCUT2D eigenvalue weighted by Crippen LogP contribution is -2.21. The van der Waals surface area contributed by atoms with E-state index in [2.05, 4.69) is 16.3 Å². The van der Waals surface area contributed by atoms with Gasteiger partial charge < -0.3 is 24.7 Å². The summed E-state index contributed by atoms with van der Waals surface area (Å²) >= 11 is 0. The SMILES string of the molecule is COc1cccc(OCc2cc(C3C(C#N)=C(N)Oc4n[nH]c(-c5ccccc5)c43)ccc2OC)c1. The molecule has 0 radical (unpaired) electrons. The molecule has 180 valence electrons. The van der Waals surface area contributed by atoms with Crippen LogP contribution in [0.3, 0.4) is 0 Å². The van der Waals surface area contributed by atoms with Crippen LogP contribution < -0.4 is 24.7 Å². The van der Waals surface area contributed by atoms with Gasteiger partial charge in [-0.3, -0.25) is 5.10 Å². The van der Waals surface area contributed by atoms with Crippen molar-refractivity contribution < 1.29 is 18.9 Å². The second kappa shape index (κ2) is 9.76. The number of hydrogen-bond acceptors (Lipinski definition) is 7. The number of aromatic amines is 1. The third kappa shape index (κ3) is 4.18. The molecule has 3 aromatic carbocycles. The van der Waals surface area contributed by atoms with E-state index in [1.165, 1.54) is 0 Å². The van der Waals surface area contributed by atoms with Crippen LogP contribution in [0.1, 0.15) is 22.6 Å². The first-order valence-electron chi connectivity index (χ1n) is 11.3. The van der Waals surface area contributed by atoms with Crippen molar-refractivity contribution in [1.29, 1.82) is 5.26 Å². The summed E-state index contributed by atoms with van der Waals surface area (Å²) in [5, 5.41) is 17.4. The maximum absolute atomic E-state index is 10.0. The first-order chi connectivity index (χ1) is 17.6.